The summed E-state index contributed by atoms with van der Waals surface area (Å²) < 4.78 is 5.47. The van der Waals surface area contributed by atoms with E-state index in [0.717, 1.165) is 38.1 Å². The van der Waals surface area contributed by atoms with Crippen LogP contribution in [-0.2, 0) is 11.3 Å². The molecule has 0 radical (unpaired) electrons. The van der Waals surface area contributed by atoms with E-state index in [2.05, 4.69) is 15.5 Å². The molecule has 8 heteroatoms. The van der Waals surface area contributed by atoms with Crippen molar-refractivity contribution < 1.29 is 9.53 Å². The highest BCUT2D eigenvalue weighted by atomic mass is 32.2. The number of amides is 1. The molecule has 168 valence electrons. The Bertz CT molecular complexity index is 1240. The molecule has 0 saturated heterocycles. The smallest absolute Gasteiger partial charge is 0.230 e. The first-order valence-corrected chi connectivity index (χ1v) is 12.2. The molecule has 2 aromatic carbocycles. The standard InChI is InChI=1S/C25H24N4O2S2/c1-16-8-10-18(11-9-16)14-26-22(30)15-32-23-13-12-20(28-29-23)24-17(2)27-25(33-24)19-6-4-5-7-21(19)31-3/h4-13H,14-15H2,1-3H3,(H,26,30). The Kier molecular flexibility index (Phi) is 7.36. The monoisotopic (exact) mass is 476 g/mol. The lowest BCUT2D eigenvalue weighted by atomic mass is 10.1. The molecule has 0 spiro atoms. The van der Waals surface area contributed by atoms with Crippen LogP contribution < -0.4 is 10.1 Å². The highest BCUT2D eigenvalue weighted by Gasteiger charge is 2.15. The Morgan fingerprint density at radius 1 is 1.03 bits per heavy atom. The van der Waals surface area contributed by atoms with Crippen molar-refractivity contribution in [3.63, 3.8) is 0 Å². The highest BCUT2D eigenvalue weighted by Crippen LogP contribution is 2.38. The number of carbonyl (C=O) groups excluding carboxylic acids is 1. The van der Waals surface area contributed by atoms with Crippen molar-refractivity contribution in [1.29, 1.82) is 0 Å². The van der Waals surface area contributed by atoms with Gasteiger partial charge in [0.05, 0.1) is 29.0 Å². The average molecular weight is 477 g/mol. The molecular weight excluding hydrogens is 452 g/mol. The van der Waals surface area contributed by atoms with Gasteiger partial charge in [0.25, 0.3) is 0 Å². The quantitative estimate of drug-likeness (QED) is 0.348. The zero-order valence-corrected chi connectivity index (χ0v) is 20.3. The second kappa shape index (κ2) is 10.6. The number of carbonyl (C=O) groups is 1. The maximum Gasteiger partial charge on any atom is 0.230 e. The van der Waals surface area contributed by atoms with Gasteiger partial charge in [-0.25, -0.2) is 4.98 Å². The molecule has 0 aliphatic rings. The molecule has 6 nitrogen and oxygen atoms in total. The molecule has 0 saturated carbocycles. The molecule has 1 amide bonds. The summed E-state index contributed by atoms with van der Waals surface area (Å²) >= 11 is 2.93. The normalized spacial score (nSPS) is 10.8. The van der Waals surface area contributed by atoms with Crippen LogP contribution in [0.15, 0.2) is 65.7 Å². The van der Waals surface area contributed by atoms with Gasteiger partial charge < -0.3 is 10.1 Å². The van der Waals surface area contributed by atoms with Gasteiger partial charge in [-0.05, 0) is 43.7 Å². The van der Waals surface area contributed by atoms with E-state index in [9.17, 15) is 4.79 Å². The molecule has 2 heterocycles. The molecule has 0 bridgehead atoms. The van der Waals surface area contributed by atoms with Gasteiger partial charge in [0.15, 0.2) is 0 Å². The Morgan fingerprint density at radius 3 is 2.55 bits per heavy atom. The SMILES string of the molecule is COc1ccccc1-c1nc(C)c(-c2ccc(SCC(=O)NCc3ccc(C)cc3)nn2)s1. The van der Waals surface area contributed by atoms with Crippen molar-refractivity contribution in [1.82, 2.24) is 20.5 Å². The summed E-state index contributed by atoms with van der Waals surface area (Å²) in [5, 5.41) is 13.2. The number of ether oxygens (including phenoxy) is 1. The van der Waals surface area contributed by atoms with Crippen molar-refractivity contribution in [3.05, 3.63) is 77.5 Å². The second-order valence-corrected chi connectivity index (χ2v) is 9.44. The van der Waals surface area contributed by atoms with Gasteiger partial charge in [-0.2, -0.15) is 0 Å². The lowest BCUT2D eigenvalue weighted by Crippen LogP contribution is -2.24. The third-order valence-electron chi connectivity index (χ3n) is 4.97. The van der Waals surface area contributed by atoms with Crippen molar-refractivity contribution in [2.75, 3.05) is 12.9 Å². The number of aromatic nitrogens is 3. The van der Waals surface area contributed by atoms with E-state index < -0.39 is 0 Å². The molecule has 4 aromatic rings. The number of methoxy groups -OCH3 is 1. The molecule has 0 aliphatic heterocycles. The summed E-state index contributed by atoms with van der Waals surface area (Å²) in [7, 11) is 1.66. The third kappa shape index (κ3) is 5.77. The Labute approximate surface area is 201 Å². The van der Waals surface area contributed by atoms with Gasteiger partial charge in [0, 0.05) is 6.54 Å². The number of nitrogens with one attached hydrogen (secondary N) is 1. The molecule has 4 rings (SSSR count). The number of hydrogen-bond donors (Lipinski definition) is 1. The Morgan fingerprint density at radius 2 is 1.82 bits per heavy atom. The van der Waals surface area contributed by atoms with Crippen molar-refractivity contribution in [3.8, 4) is 26.9 Å². The van der Waals surface area contributed by atoms with Crippen LogP contribution in [-0.4, -0.2) is 34.0 Å². The maximum atomic E-state index is 12.2. The lowest BCUT2D eigenvalue weighted by molar-refractivity contribution is -0.118. The molecule has 0 unspecified atom stereocenters. The molecule has 2 aromatic heterocycles. The van der Waals surface area contributed by atoms with Gasteiger partial charge in [-0.1, -0.05) is 53.7 Å². The van der Waals surface area contributed by atoms with Gasteiger partial charge in [-0.15, -0.1) is 21.5 Å². The van der Waals surface area contributed by atoms with Crippen LogP contribution in [0.5, 0.6) is 5.75 Å². The minimum absolute atomic E-state index is 0.0359. The van der Waals surface area contributed by atoms with Crippen LogP contribution in [0, 0.1) is 13.8 Å². The first-order chi connectivity index (χ1) is 16.0. The number of benzene rings is 2. The number of aryl methyl sites for hydroxylation is 2. The maximum absolute atomic E-state index is 12.2. The summed E-state index contributed by atoms with van der Waals surface area (Å²) in [6.07, 6.45) is 0. The van der Waals surface area contributed by atoms with Crippen molar-refractivity contribution in [2.45, 2.75) is 25.4 Å². The Hall–Kier alpha value is -3.23. The number of rotatable bonds is 8. The molecule has 1 N–H and O–H groups in total. The van der Waals surface area contributed by atoms with Crippen LogP contribution in [0.25, 0.3) is 21.1 Å². The van der Waals surface area contributed by atoms with Crippen LogP contribution in [0.2, 0.25) is 0 Å². The summed E-state index contributed by atoms with van der Waals surface area (Å²) in [4.78, 5) is 17.9. The van der Waals surface area contributed by atoms with Gasteiger partial charge in [0.1, 0.15) is 21.5 Å². The predicted octanol–water partition coefficient (Wildman–Crippen LogP) is 5.30. The number of thioether (sulfide) groups is 1. The Balaban J connectivity index is 1.37. The van der Waals surface area contributed by atoms with E-state index in [-0.39, 0.29) is 11.7 Å². The van der Waals surface area contributed by atoms with Crippen LogP contribution in [0.3, 0.4) is 0 Å². The summed E-state index contributed by atoms with van der Waals surface area (Å²) in [6, 6.07) is 19.8. The second-order valence-electron chi connectivity index (χ2n) is 7.44. The molecule has 33 heavy (non-hydrogen) atoms. The van der Waals surface area contributed by atoms with E-state index in [1.54, 1.807) is 18.4 Å². The van der Waals surface area contributed by atoms with E-state index in [1.165, 1.54) is 17.3 Å². The van der Waals surface area contributed by atoms with Gasteiger partial charge in [0.2, 0.25) is 5.91 Å². The van der Waals surface area contributed by atoms with Crippen LogP contribution in [0.4, 0.5) is 0 Å². The minimum atomic E-state index is -0.0359. The summed E-state index contributed by atoms with van der Waals surface area (Å²) in [6.45, 7) is 4.53. The van der Waals surface area contributed by atoms with Gasteiger partial charge in [-0.3, -0.25) is 4.79 Å². The minimum Gasteiger partial charge on any atom is -0.496 e. The summed E-state index contributed by atoms with van der Waals surface area (Å²) in [5.74, 6) is 1.04. The zero-order chi connectivity index (χ0) is 23.2. The lowest BCUT2D eigenvalue weighted by Gasteiger charge is -2.06. The number of thiazole rings is 1. The number of nitrogens with zero attached hydrogens (tertiary/aromatic N) is 3. The van der Waals surface area contributed by atoms with Crippen molar-refractivity contribution >= 4 is 29.0 Å². The first-order valence-electron chi connectivity index (χ1n) is 10.4. The highest BCUT2D eigenvalue weighted by molar-refractivity contribution is 7.99. The van der Waals surface area contributed by atoms with Crippen molar-refractivity contribution in [2.24, 2.45) is 0 Å². The fourth-order valence-corrected chi connectivity index (χ4v) is 4.89. The third-order valence-corrected chi connectivity index (χ3v) is 7.10. The zero-order valence-electron chi connectivity index (χ0n) is 18.7. The largest absolute Gasteiger partial charge is 0.496 e. The van der Waals surface area contributed by atoms with E-state index >= 15 is 0 Å². The van der Waals surface area contributed by atoms with Crippen LogP contribution >= 0.6 is 23.1 Å². The van der Waals surface area contributed by atoms with E-state index in [4.69, 9.17) is 9.72 Å². The topological polar surface area (TPSA) is 77.0 Å². The summed E-state index contributed by atoms with van der Waals surface area (Å²) in [5.41, 5.74) is 4.89. The van der Waals surface area contributed by atoms with Gasteiger partial charge >= 0.3 is 0 Å². The average Bonchev–Trinajstić information content (AvgIpc) is 3.24. The predicted molar refractivity (Wildman–Crippen MR) is 134 cm³/mol. The van der Waals surface area contributed by atoms with E-state index in [1.807, 2.05) is 74.5 Å². The number of para-hydroxylation sites is 1. The molecule has 0 atom stereocenters. The first kappa shape index (κ1) is 22.9. The van der Waals surface area contributed by atoms with E-state index in [0.29, 0.717) is 11.6 Å². The van der Waals surface area contributed by atoms with Crippen LogP contribution in [0.1, 0.15) is 16.8 Å². The fourth-order valence-electron chi connectivity index (χ4n) is 3.19. The number of hydrogen-bond acceptors (Lipinski definition) is 7. The molecular formula is C25H24N4O2S2. The molecule has 0 aliphatic carbocycles. The fraction of sp³-hybridized carbons (Fsp3) is 0.200. The molecule has 0 fully saturated rings.